The summed E-state index contributed by atoms with van der Waals surface area (Å²) in [7, 11) is 0. The van der Waals surface area contributed by atoms with E-state index in [0.29, 0.717) is 11.8 Å². The summed E-state index contributed by atoms with van der Waals surface area (Å²) >= 11 is 3.60. The normalized spacial score (nSPS) is 25.7. The topological polar surface area (TPSA) is 0 Å². The van der Waals surface area contributed by atoms with E-state index in [1.807, 2.05) is 0 Å². The van der Waals surface area contributed by atoms with Gasteiger partial charge in [0, 0.05) is 16.3 Å². The van der Waals surface area contributed by atoms with Crippen molar-refractivity contribution in [3.8, 4) is 0 Å². The fraction of sp³-hybridized carbons (Fsp3) is 0.120. The minimum Gasteiger partial charge on any atom is -0.0789 e. The molecule has 2 aliphatic rings. The summed E-state index contributed by atoms with van der Waals surface area (Å²) in [6.07, 6.45) is 9.18. The van der Waals surface area contributed by atoms with Crippen LogP contribution in [0.1, 0.15) is 28.2 Å². The molecule has 0 saturated heterocycles. The van der Waals surface area contributed by atoms with Crippen LogP contribution in [0, 0.1) is 5.92 Å². The van der Waals surface area contributed by atoms with E-state index in [-0.39, 0.29) is 5.41 Å². The zero-order valence-electron chi connectivity index (χ0n) is 14.3. The van der Waals surface area contributed by atoms with Gasteiger partial charge >= 0.3 is 0 Å². The zero-order chi connectivity index (χ0) is 17.6. The molecular formula is C25H19Br. The monoisotopic (exact) mass is 398 g/mol. The number of allylic oxidation sites excluding steroid dienone is 4. The molecule has 0 bridgehead atoms. The van der Waals surface area contributed by atoms with Crippen molar-refractivity contribution in [1.82, 2.24) is 0 Å². The van der Waals surface area contributed by atoms with E-state index in [9.17, 15) is 0 Å². The van der Waals surface area contributed by atoms with Gasteiger partial charge in [-0.3, -0.25) is 0 Å². The Balaban J connectivity index is 1.89. The van der Waals surface area contributed by atoms with Crippen LogP contribution < -0.4 is 0 Å². The highest BCUT2D eigenvalue weighted by atomic mass is 79.9. The van der Waals surface area contributed by atoms with Crippen LogP contribution in [0.25, 0.3) is 0 Å². The van der Waals surface area contributed by atoms with Gasteiger partial charge in [-0.15, -0.1) is 0 Å². The van der Waals surface area contributed by atoms with Crippen LogP contribution in [0.4, 0.5) is 0 Å². The predicted molar refractivity (Wildman–Crippen MR) is 111 cm³/mol. The Hall–Kier alpha value is -2.38. The summed E-state index contributed by atoms with van der Waals surface area (Å²) in [6, 6.07) is 28.9. The number of hydrogen-bond acceptors (Lipinski definition) is 0. The van der Waals surface area contributed by atoms with Crippen LogP contribution >= 0.6 is 15.9 Å². The van der Waals surface area contributed by atoms with Gasteiger partial charge in [-0.25, -0.2) is 0 Å². The van der Waals surface area contributed by atoms with Gasteiger partial charge in [0.2, 0.25) is 0 Å². The molecule has 0 aromatic heterocycles. The lowest BCUT2D eigenvalue weighted by atomic mass is 9.63. The maximum atomic E-state index is 3.60. The molecule has 0 N–H and O–H groups in total. The van der Waals surface area contributed by atoms with E-state index in [0.717, 1.165) is 4.47 Å². The van der Waals surface area contributed by atoms with Crippen molar-refractivity contribution in [3.63, 3.8) is 0 Å². The van der Waals surface area contributed by atoms with E-state index in [4.69, 9.17) is 0 Å². The highest BCUT2D eigenvalue weighted by Gasteiger charge is 2.52. The quantitative estimate of drug-likeness (QED) is 0.454. The van der Waals surface area contributed by atoms with Gasteiger partial charge in [-0.05, 0) is 34.4 Å². The second-order valence-electron chi connectivity index (χ2n) is 7.09. The molecule has 0 fully saturated rings. The van der Waals surface area contributed by atoms with Gasteiger partial charge in [0.25, 0.3) is 0 Å². The fourth-order valence-electron chi connectivity index (χ4n) is 4.92. The van der Waals surface area contributed by atoms with Crippen molar-refractivity contribution in [2.24, 2.45) is 5.92 Å². The Labute approximate surface area is 163 Å². The van der Waals surface area contributed by atoms with E-state index < -0.39 is 0 Å². The van der Waals surface area contributed by atoms with Crippen LogP contribution in [0.15, 0.2) is 108 Å². The zero-order valence-corrected chi connectivity index (χ0v) is 15.9. The highest BCUT2D eigenvalue weighted by Crippen LogP contribution is 2.59. The van der Waals surface area contributed by atoms with Crippen LogP contribution in [-0.4, -0.2) is 0 Å². The van der Waals surface area contributed by atoms with Crippen molar-refractivity contribution in [2.75, 3.05) is 0 Å². The first kappa shape index (κ1) is 15.8. The smallest absolute Gasteiger partial charge is 0.0525 e. The van der Waals surface area contributed by atoms with Gasteiger partial charge in [0.15, 0.2) is 0 Å². The van der Waals surface area contributed by atoms with Crippen molar-refractivity contribution < 1.29 is 0 Å². The van der Waals surface area contributed by atoms with E-state index in [1.165, 1.54) is 22.3 Å². The molecule has 0 aliphatic heterocycles. The molecule has 3 aromatic carbocycles. The summed E-state index contributed by atoms with van der Waals surface area (Å²) < 4.78 is 1.12. The molecule has 1 heteroatoms. The molecule has 0 radical (unpaired) electrons. The van der Waals surface area contributed by atoms with E-state index >= 15 is 0 Å². The largest absolute Gasteiger partial charge is 0.0789 e. The molecular weight excluding hydrogens is 380 g/mol. The first-order chi connectivity index (χ1) is 12.8. The molecule has 2 aliphatic carbocycles. The van der Waals surface area contributed by atoms with Crippen LogP contribution in [0.5, 0.6) is 0 Å². The van der Waals surface area contributed by atoms with Gasteiger partial charge in [-0.2, -0.15) is 0 Å². The molecule has 0 saturated carbocycles. The molecule has 3 unspecified atom stereocenters. The second-order valence-corrected chi connectivity index (χ2v) is 8.01. The third kappa shape index (κ3) is 2.13. The number of fused-ring (bicyclic) bond motifs is 3. The summed E-state index contributed by atoms with van der Waals surface area (Å²) in [5.74, 6) is 0.800. The van der Waals surface area contributed by atoms with Crippen molar-refractivity contribution in [3.05, 3.63) is 130 Å². The summed E-state index contributed by atoms with van der Waals surface area (Å²) in [5, 5.41) is 0. The number of benzene rings is 3. The fourth-order valence-corrected chi connectivity index (χ4v) is 5.18. The Morgan fingerprint density at radius 1 is 0.654 bits per heavy atom. The highest BCUT2D eigenvalue weighted by molar-refractivity contribution is 9.10. The van der Waals surface area contributed by atoms with Crippen molar-refractivity contribution in [1.29, 1.82) is 0 Å². The first-order valence-electron chi connectivity index (χ1n) is 9.08. The second kappa shape index (κ2) is 6.10. The molecule has 0 spiro atoms. The van der Waals surface area contributed by atoms with Gasteiger partial charge in [-0.1, -0.05) is 107 Å². The third-order valence-electron chi connectivity index (χ3n) is 5.91. The first-order valence-corrected chi connectivity index (χ1v) is 9.87. The van der Waals surface area contributed by atoms with Gasteiger partial charge in [0.1, 0.15) is 0 Å². The van der Waals surface area contributed by atoms with E-state index in [1.54, 1.807) is 0 Å². The lowest BCUT2D eigenvalue weighted by molar-refractivity contribution is 0.456. The predicted octanol–water partition coefficient (Wildman–Crippen LogP) is 6.62. The number of hydrogen-bond donors (Lipinski definition) is 0. The Kier molecular flexibility index (Phi) is 3.72. The molecule has 3 aromatic rings. The van der Waals surface area contributed by atoms with Gasteiger partial charge in [0.05, 0.1) is 5.41 Å². The molecule has 0 nitrogen and oxygen atoms in total. The Bertz CT molecular complexity index is 998. The average molecular weight is 399 g/mol. The molecule has 0 heterocycles. The van der Waals surface area contributed by atoms with Crippen LogP contribution in [0.2, 0.25) is 0 Å². The lowest BCUT2D eigenvalue weighted by Gasteiger charge is -2.38. The molecule has 26 heavy (non-hydrogen) atoms. The van der Waals surface area contributed by atoms with Crippen molar-refractivity contribution >= 4 is 15.9 Å². The third-order valence-corrected chi connectivity index (χ3v) is 6.44. The molecule has 0 amide bonds. The minimum atomic E-state index is -0.162. The molecule has 126 valence electrons. The minimum absolute atomic E-state index is 0.162. The standard InChI is InChI=1S/C25H19Br/c26-20-16-14-19(15-17-20)25(18-8-2-1-3-9-18)23-12-6-4-10-21(23)22-11-5-7-13-24(22)25/h1-17,21,23H. The van der Waals surface area contributed by atoms with Crippen LogP contribution in [-0.2, 0) is 5.41 Å². The number of halogens is 1. The van der Waals surface area contributed by atoms with Gasteiger partial charge < -0.3 is 0 Å². The number of rotatable bonds is 2. The van der Waals surface area contributed by atoms with Crippen LogP contribution in [0.3, 0.4) is 0 Å². The summed E-state index contributed by atoms with van der Waals surface area (Å²) in [6.45, 7) is 0. The van der Waals surface area contributed by atoms with E-state index in [2.05, 4.69) is 119 Å². The Morgan fingerprint density at radius 2 is 1.31 bits per heavy atom. The molecule has 5 rings (SSSR count). The summed E-state index contributed by atoms with van der Waals surface area (Å²) in [5.41, 5.74) is 5.43. The Morgan fingerprint density at radius 3 is 2.12 bits per heavy atom. The molecule has 3 atom stereocenters. The average Bonchev–Trinajstić information content (AvgIpc) is 3.01. The maximum absolute atomic E-state index is 3.60. The summed E-state index contributed by atoms with van der Waals surface area (Å²) in [4.78, 5) is 0. The maximum Gasteiger partial charge on any atom is 0.0525 e. The lowest BCUT2D eigenvalue weighted by Crippen LogP contribution is -2.35. The SMILES string of the molecule is Brc1ccc(C2(c3ccccc3)c3ccccc3C3C=CC=CC32)cc1. The van der Waals surface area contributed by atoms with Crippen molar-refractivity contribution in [2.45, 2.75) is 11.3 Å².